The number of amides is 1. The highest BCUT2D eigenvalue weighted by atomic mass is 16.5. The highest BCUT2D eigenvalue weighted by Gasteiger charge is 2.32. The summed E-state index contributed by atoms with van der Waals surface area (Å²) in [6.07, 6.45) is 7.66. The van der Waals surface area contributed by atoms with Crippen LogP contribution in [0, 0.1) is 0 Å². The van der Waals surface area contributed by atoms with E-state index in [0.29, 0.717) is 17.1 Å². The zero-order valence-electron chi connectivity index (χ0n) is 14.2. The molecule has 2 aliphatic heterocycles. The molecule has 25 heavy (non-hydrogen) atoms. The normalized spacial score (nSPS) is 19.2. The zero-order chi connectivity index (χ0) is 17.2. The largest absolute Gasteiger partial charge is 0.493 e. The van der Waals surface area contributed by atoms with Crippen LogP contribution in [0.25, 0.3) is 6.08 Å². The quantitative estimate of drug-likeness (QED) is 0.858. The van der Waals surface area contributed by atoms with Gasteiger partial charge in [-0.3, -0.25) is 9.48 Å². The van der Waals surface area contributed by atoms with Crippen LogP contribution in [0.3, 0.4) is 0 Å². The maximum absolute atomic E-state index is 13.0. The Hall–Kier alpha value is -2.76. The molecular weight excluding hydrogens is 318 g/mol. The second kappa shape index (κ2) is 6.63. The fourth-order valence-corrected chi connectivity index (χ4v) is 3.57. The van der Waals surface area contributed by atoms with Gasteiger partial charge in [0.2, 0.25) is 0 Å². The number of nitrogens with zero attached hydrogens (tertiary/aromatic N) is 3. The molecule has 1 fully saturated rings. The molecule has 6 heteroatoms. The van der Waals surface area contributed by atoms with Gasteiger partial charge in [0.05, 0.1) is 25.3 Å². The van der Waals surface area contributed by atoms with Crippen LogP contribution < -0.4 is 9.47 Å². The van der Waals surface area contributed by atoms with Crippen LogP contribution in [0.5, 0.6) is 11.5 Å². The minimum atomic E-state index is 0.0585. The molecule has 0 saturated carbocycles. The lowest BCUT2D eigenvalue weighted by molar-refractivity contribution is -0.128. The van der Waals surface area contributed by atoms with Gasteiger partial charge < -0.3 is 14.4 Å². The molecule has 1 amide bonds. The summed E-state index contributed by atoms with van der Waals surface area (Å²) in [5.74, 6) is 1.46. The second-order valence-corrected chi connectivity index (χ2v) is 6.36. The van der Waals surface area contributed by atoms with Crippen LogP contribution in [0.15, 0.2) is 42.2 Å². The van der Waals surface area contributed by atoms with Gasteiger partial charge in [-0.1, -0.05) is 12.1 Å². The van der Waals surface area contributed by atoms with Gasteiger partial charge in [0.1, 0.15) is 6.61 Å². The average molecular weight is 339 g/mol. The maximum atomic E-state index is 13.0. The number of para-hydroxylation sites is 1. The van der Waals surface area contributed by atoms with Crippen molar-refractivity contribution in [2.75, 3.05) is 20.3 Å². The van der Waals surface area contributed by atoms with Crippen molar-refractivity contribution in [3.8, 4) is 11.5 Å². The Bertz CT molecular complexity index is 798. The third-order valence-electron chi connectivity index (χ3n) is 4.80. The van der Waals surface area contributed by atoms with E-state index in [1.54, 1.807) is 13.3 Å². The summed E-state index contributed by atoms with van der Waals surface area (Å²) in [4.78, 5) is 15.0. The van der Waals surface area contributed by atoms with E-state index in [-0.39, 0.29) is 18.6 Å². The lowest BCUT2D eigenvalue weighted by Gasteiger charge is -2.27. The Labute approximate surface area is 146 Å². The first kappa shape index (κ1) is 15.7. The Morgan fingerprint density at radius 3 is 3.12 bits per heavy atom. The van der Waals surface area contributed by atoms with Gasteiger partial charge in [0.15, 0.2) is 11.5 Å². The van der Waals surface area contributed by atoms with Crippen LogP contribution in [-0.2, 0) is 11.3 Å². The molecule has 1 aromatic carbocycles. The lowest BCUT2D eigenvalue weighted by atomic mass is 10.1. The molecule has 1 saturated heterocycles. The molecule has 1 aromatic heterocycles. The molecule has 0 aliphatic carbocycles. The first-order valence-corrected chi connectivity index (χ1v) is 8.55. The van der Waals surface area contributed by atoms with Gasteiger partial charge >= 0.3 is 0 Å². The third-order valence-corrected chi connectivity index (χ3v) is 4.80. The van der Waals surface area contributed by atoms with E-state index in [1.165, 1.54) is 0 Å². The number of aromatic nitrogens is 2. The number of hydrogen-bond acceptors (Lipinski definition) is 4. The van der Waals surface area contributed by atoms with Crippen molar-refractivity contribution in [3.63, 3.8) is 0 Å². The highest BCUT2D eigenvalue weighted by Crippen LogP contribution is 2.36. The van der Waals surface area contributed by atoms with Gasteiger partial charge in [0.25, 0.3) is 5.91 Å². The van der Waals surface area contributed by atoms with Gasteiger partial charge in [0, 0.05) is 24.5 Å². The summed E-state index contributed by atoms with van der Waals surface area (Å²) < 4.78 is 13.0. The van der Waals surface area contributed by atoms with Crippen molar-refractivity contribution in [2.45, 2.75) is 25.4 Å². The van der Waals surface area contributed by atoms with E-state index in [2.05, 4.69) is 5.10 Å². The number of likely N-dealkylation sites (tertiary alicyclic amines) is 1. The summed E-state index contributed by atoms with van der Waals surface area (Å²) >= 11 is 0. The van der Waals surface area contributed by atoms with Gasteiger partial charge in [-0.2, -0.15) is 5.10 Å². The number of carbonyl (C=O) groups is 1. The maximum Gasteiger partial charge on any atom is 0.253 e. The van der Waals surface area contributed by atoms with E-state index < -0.39 is 0 Å². The topological polar surface area (TPSA) is 56.6 Å². The molecule has 3 heterocycles. The van der Waals surface area contributed by atoms with Gasteiger partial charge in [-0.15, -0.1) is 0 Å². The van der Waals surface area contributed by atoms with Crippen molar-refractivity contribution in [3.05, 3.63) is 47.8 Å². The molecule has 1 atom stereocenters. The molecule has 6 nitrogen and oxygen atoms in total. The van der Waals surface area contributed by atoms with E-state index in [0.717, 1.165) is 31.5 Å². The summed E-state index contributed by atoms with van der Waals surface area (Å²) in [6, 6.07) is 7.79. The highest BCUT2D eigenvalue weighted by molar-refractivity contribution is 5.99. The number of ether oxygens (including phenoxy) is 2. The Balaban J connectivity index is 1.55. The number of hydrogen-bond donors (Lipinski definition) is 0. The van der Waals surface area contributed by atoms with Crippen molar-refractivity contribution in [1.29, 1.82) is 0 Å². The van der Waals surface area contributed by atoms with E-state index in [4.69, 9.17) is 9.47 Å². The number of benzene rings is 1. The monoisotopic (exact) mass is 339 g/mol. The van der Waals surface area contributed by atoms with Crippen LogP contribution in [0.2, 0.25) is 0 Å². The second-order valence-electron chi connectivity index (χ2n) is 6.36. The van der Waals surface area contributed by atoms with E-state index >= 15 is 0 Å². The minimum absolute atomic E-state index is 0.0585. The molecule has 0 radical (unpaired) electrons. The first-order chi connectivity index (χ1) is 12.3. The smallest absolute Gasteiger partial charge is 0.253 e. The van der Waals surface area contributed by atoms with Crippen LogP contribution >= 0.6 is 0 Å². The number of carbonyl (C=O) groups excluding carboxylic acids is 1. The predicted molar refractivity (Wildman–Crippen MR) is 93.4 cm³/mol. The number of rotatable bonds is 4. The lowest BCUT2D eigenvalue weighted by Crippen LogP contribution is -2.40. The molecule has 4 rings (SSSR count). The van der Waals surface area contributed by atoms with Crippen molar-refractivity contribution in [1.82, 2.24) is 14.7 Å². The van der Waals surface area contributed by atoms with Crippen LogP contribution in [-0.4, -0.2) is 46.9 Å². The average Bonchev–Trinajstić information content (AvgIpc) is 3.32. The number of methoxy groups -OCH3 is 1. The molecule has 130 valence electrons. The first-order valence-electron chi connectivity index (χ1n) is 8.55. The third kappa shape index (κ3) is 2.99. The molecule has 0 bridgehead atoms. The fourth-order valence-electron chi connectivity index (χ4n) is 3.57. The fraction of sp³-hybridized carbons (Fsp3) is 0.368. The van der Waals surface area contributed by atoms with Crippen LogP contribution in [0.4, 0.5) is 0 Å². The molecular formula is C19H21N3O3. The van der Waals surface area contributed by atoms with E-state index in [9.17, 15) is 4.79 Å². The molecule has 0 spiro atoms. The molecule has 1 unspecified atom stereocenters. The van der Waals surface area contributed by atoms with Gasteiger partial charge in [-0.05, 0) is 31.1 Å². The van der Waals surface area contributed by atoms with E-state index in [1.807, 2.05) is 46.1 Å². The molecule has 2 aromatic rings. The SMILES string of the molecule is COc1cccc2c1OCC(C(=O)N1CCCC1Cn1cccn1)=C2. The van der Waals surface area contributed by atoms with Crippen LogP contribution in [0.1, 0.15) is 18.4 Å². The molecule has 2 aliphatic rings. The summed E-state index contributed by atoms with van der Waals surface area (Å²) in [7, 11) is 1.62. The Morgan fingerprint density at radius 1 is 1.40 bits per heavy atom. The summed E-state index contributed by atoms with van der Waals surface area (Å²) in [5, 5.41) is 4.26. The summed E-state index contributed by atoms with van der Waals surface area (Å²) in [6.45, 7) is 1.79. The Kier molecular flexibility index (Phi) is 4.17. The van der Waals surface area contributed by atoms with Crippen molar-refractivity contribution >= 4 is 12.0 Å². The minimum Gasteiger partial charge on any atom is -0.493 e. The predicted octanol–water partition coefficient (Wildman–Crippen LogP) is 2.36. The number of fused-ring (bicyclic) bond motifs is 1. The van der Waals surface area contributed by atoms with Gasteiger partial charge in [-0.25, -0.2) is 0 Å². The Morgan fingerprint density at radius 2 is 2.32 bits per heavy atom. The van der Waals surface area contributed by atoms with Crippen molar-refractivity contribution < 1.29 is 14.3 Å². The summed E-state index contributed by atoms with van der Waals surface area (Å²) in [5.41, 5.74) is 1.57. The standard InChI is InChI=1S/C19H21N3O3/c1-24-17-7-2-5-14-11-15(13-25-18(14)17)19(23)22-10-3-6-16(22)12-21-9-4-8-20-21/h2,4-5,7-9,11,16H,3,6,10,12-13H2,1H3. The zero-order valence-corrected chi connectivity index (χ0v) is 14.2. The molecule has 0 N–H and O–H groups in total. The van der Waals surface area contributed by atoms with Crippen molar-refractivity contribution in [2.24, 2.45) is 0 Å².